The number of carbonyl (C=O) groups is 1. The maximum Gasteiger partial charge on any atom is 0.239 e. The minimum absolute atomic E-state index is 0.137. The summed E-state index contributed by atoms with van der Waals surface area (Å²) >= 11 is 0. The van der Waals surface area contributed by atoms with Crippen LogP contribution in [0, 0.1) is 0 Å². The van der Waals surface area contributed by atoms with E-state index in [-0.39, 0.29) is 17.5 Å². The number of carbonyl (C=O) groups excluding carboxylic acids is 1. The van der Waals surface area contributed by atoms with Crippen molar-refractivity contribution >= 4 is 5.91 Å². The van der Waals surface area contributed by atoms with Crippen molar-refractivity contribution in [3.63, 3.8) is 0 Å². The van der Waals surface area contributed by atoms with Gasteiger partial charge in [-0.15, -0.1) is 0 Å². The molecule has 1 fully saturated rings. The van der Waals surface area contributed by atoms with Crippen LogP contribution in [0.1, 0.15) is 20.8 Å². The fraction of sp³-hybridized carbons (Fsp3) is 0.917. The third kappa shape index (κ3) is 4.61. The lowest BCUT2D eigenvalue weighted by Gasteiger charge is -2.33. The molecule has 1 amide bonds. The summed E-state index contributed by atoms with van der Waals surface area (Å²) < 4.78 is 10.4. The summed E-state index contributed by atoms with van der Waals surface area (Å²) in [5.74, 6) is 0.137. The van der Waals surface area contributed by atoms with Crippen LogP contribution in [0.5, 0.6) is 0 Å². The van der Waals surface area contributed by atoms with Crippen molar-refractivity contribution in [3.05, 3.63) is 0 Å². The highest BCUT2D eigenvalue weighted by molar-refractivity contribution is 5.81. The standard InChI is InChI=1S/C12H24N2O3/c1-10(13-12(2,3)9-16-4)11(15)14-5-7-17-8-6-14/h10,13H,5-9H2,1-4H3. The third-order valence-electron chi connectivity index (χ3n) is 2.81. The predicted octanol–water partition coefficient (Wildman–Crippen LogP) is 0.248. The van der Waals surface area contributed by atoms with Crippen LogP contribution in [0.2, 0.25) is 0 Å². The first-order valence-corrected chi connectivity index (χ1v) is 6.09. The molecule has 1 N–H and O–H groups in total. The molecule has 1 unspecified atom stereocenters. The number of ether oxygens (including phenoxy) is 2. The number of amides is 1. The molecule has 0 radical (unpaired) electrons. The smallest absolute Gasteiger partial charge is 0.239 e. The Morgan fingerprint density at radius 1 is 1.47 bits per heavy atom. The van der Waals surface area contributed by atoms with Crippen LogP contribution in [0.15, 0.2) is 0 Å². The van der Waals surface area contributed by atoms with Crippen LogP contribution in [-0.2, 0) is 14.3 Å². The number of hydrogen-bond acceptors (Lipinski definition) is 4. The second-order valence-electron chi connectivity index (χ2n) is 5.12. The molecule has 1 aliphatic heterocycles. The van der Waals surface area contributed by atoms with Gasteiger partial charge in [-0.2, -0.15) is 0 Å². The highest BCUT2D eigenvalue weighted by Gasteiger charge is 2.27. The SMILES string of the molecule is COCC(C)(C)NC(C)C(=O)N1CCOCC1. The van der Waals surface area contributed by atoms with Crippen molar-refractivity contribution in [2.75, 3.05) is 40.0 Å². The van der Waals surface area contributed by atoms with E-state index in [0.29, 0.717) is 32.9 Å². The van der Waals surface area contributed by atoms with Gasteiger partial charge in [0.25, 0.3) is 0 Å². The molecule has 5 heteroatoms. The molecule has 1 saturated heterocycles. The van der Waals surface area contributed by atoms with Gasteiger partial charge in [0.1, 0.15) is 0 Å². The number of nitrogens with zero attached hydrogens (tertiary/aromatic N) is 1. The van der Waals surface area contributed by atoms with Gasteiger partial charge in [-0.3, -0.25) is 10.1 Å². The minimum Gasteiger partial charge on any atom is -0.383 e. The van der Waals surface area contributed by atoms with Crippen LogP contribution in [0.25, 0.3) is 0 Å². The lowest BCUT2D eigenvalue weighted by molar-refractivity contribution is -0.137. The Balaban J connectivity index is 2.45. The van der Waals surface area contributed by atoms with Gasteiger partial charge in [-0.25, -0.2) is 0 Å². The average Bonchev–Trinajstić information content (AvgIpc) is 2.28. The molecule has 1 rings (SSSR count). The van der Waals surface area contributed by atoms with Gasteiger partial charge in [0, 0.05) is 25.7 Å². The zero-order valence-electron chi connectivity index (χ0n) is 11.3. The van der Waals surface area contributed by atoms with E-state index in [2.05, 4.69) is 5.32 Å². The van der Waals surface area contributed by atoms with Gasteiger partial charge in [-0.1, -0.05) is 0 Å². The maximum absolute atomic E-state index is 12.1. The first-order chi connectivity index (χ1) is 7.96. The minimum atomic E-state index is -0.198. The largest absolute Gasteiger partial charge is 0.383 e. The summed E-state index contributed by atoms with van der Waals surface area (Å²) in [5, 5.41) is 3.30. The van der Waals surface area contributed by atoms with Crippen molar-refractivity contribution in [1.82, 2.24) is 10.2 Å². The molecule has 0 saturated carbocycles. The van der Waals surface area contributed by atoms with Crippen molar-refractivity contribution < 1.29 is 14.3 Å². The summed E-state index contributed by atoms with van der Waals surface area (Å²) in [6.45, 7) is 9.19. The molecule has 1 aliphatic rings. The Morgan fingerprint density at radius 2 is 2.06 bits per heavy atom. The number of nitrogens with one attached hydrogen (secondary N) is 1. The Kier molecular flexibility index (Phi) is 5.36. The van der Waals surface area contributed by atoms with E-state index in [1.165, 1.54) is 0 Å². The van der Waals surface area contributed by atoms with E-state index in [1.54, 1.807) is 7.11 Å². The van der Waals surface area contributed by atoms with Crippen LogP contribution in [0.4, 0.5) is 0 Å². The molecule has 0 bridgehead atoms. The summed E-state index contributed by atoms with van der Waals surface area (Å²) in [6.07, 6.45) is 0. The molecule has 1 atom stereocenters. The van der Waals surface area contributed by atoms with E-state index in [0.717, 1.165) is 0 Å². The first kappa shape index (κ1) is 14.4. The Morgan fingerprint density at radius 3 is 2.59 bits per heavy atom. The van der Waals surface area contributed by atoms with E-state index in [4.69, 9.17) is 9.47 Å². The Labute approximate surface area is 103 Å². The van der Waals surface area contributed by atoms with Crippen LogP contribution in [-0.4, -0.2) is 62.4 Å². The predicted molar refractivity (Wildman–Crippen MR) is 66.0 cm³/mol. The molecule has 0 spiro atoms. The summed E-state index contributed by atoms with van der Waals surface area (Å²) in [6, 6.07) is -0.196. The fourth-order valence-electron chi connectivity index (χ4n) is 2.11. The number of morpholine rings is 1. The molecule has 1 heterocycles. The van der Waals surface area contributed by atoms with Gasteiger partial charge >= 0.3 is 0 Å². The molecule has 5 nitrogen and oxygen atoms in total. The normalized spacial score (nSPS) is 19.2. The Bertz CT molecular complexity index is 250. The zero-order chi connectivity index (χ0) is 12.9. The molecular weight excluding hydrogens is 220 g/mol. The molecule has 100 valence electrons. The van der Waals surface area contributed by atoms with E-state index < -0.39 is 0 Å². The topological polar surface area (TPSA) is 50.8 Å². The highest BCUT2D eigenvalue weighted by atomic mass is 16.5. The van der Waals surface area contributed by atoms with Crippen LogP contribution in [0.3, 0.4) is 0 Å². The first-order valence-electron chi connectivity index (χ1n) is 6.09. The summed E-state index contributed by atoms with van der Waals surface area (Å²) in [4.78, 5) is 14.0. The second-order valence-corrected chi connectivity index (χ2v) is 5.12. The summed E-state index contributed by atoms with van der Waals surface area (Å²) in [7, 11) is 1.66. The lowest BCUT2D eigenvalue weighted by atomic mass is 10.1. The molecule has 0 aliphatic carbocycles. The van der Waals surface area contributed by atoms with Crippen molar-refractivity contribution in [1.29, 1.82) is 0 Å². The van der Waals surface area contributed by atoms with Crippen molar-refractivity contribution in [2.24, 2.45) is 0 Å². The zero-order valence-corrected chi connectivity index (χ0v) is 11.3. The van der Waals surface area contributed by atoms with Crippen LogP contribution >= 0.6 is 0 Å². The quantitative estimate of drug-likeness (QED) is 0.753. The number of rotatable bonds is 5. The molecular formula is C12H24N2O3. The van der Waals surface area contributed by atoms with Gasteiger partial charge in [0.15, 0.2) is 0 Å². The maximum atomic E-state index is 12.1. The van der Waals surface area contributed by atoms with E-state index in [1.807, 2.05) is 25.7 Å². The highest BCUT2D eigenvalue weighted by Crippen LogP contribution is 2.07. The van der Waals surface area contributed by atoms with Gasteiger partial charge < -0.3 is 14.4 Å². The number of hydrogen-bond donors (Lipinski definition) is 1. The van der Waals surface area contributed by atoms with Crippen molar-refractivity contribution in [2.45, 2.75) is 32.4 Å². The number of methoxy groups -OCH3 is 1. The van der Waals surface area contributed by atoms with Crippen molar-refractivity contribution in [3.8, 4) is 0 Å². The van der Waals surface area contributed by atoms with E-state index in [9.17, 15) is 4.79 Å². The Hall–Kier alpha value is -0.650. The lowest BCUT2D eigenvalue weighted by Crippen LogP contribution is -2.55. The molecule has 17 heavy (non-hydrogen) atoms. The molecule has 0 aromatic carbocycles. The van der Waals surface area contributed by atoms with E-state index >= 15 is 0 Å². The third-order valence-corrected chi connectivity index (χ3v) is 2.81. The van der Waals surface area contributed by atoms with Gasteiger partial charge in [0.2, 0.25) is 5.91 Å². The van der Waals surface area contributed by atoms with Gasteiger partial charge in [-0.05, 0) is 20.8 Å². The fourth-order valence-corrected chi connectivity index (χ4v) is 2.11. The van der Waals surface area contributed by atoms with Crippen LogP contribution < -0.4 is 5.32 Å². The summed E-state index contributed by atoms with van der Waals surface area (Å²) in [5.41, 5.74) is -0.198. The average molecular weight is 244 g/mol. The second kappa shape index (κ2) is 6.33. The monoisotopic (exact) mass is 244 g/mol. The molecule has 0 aromatic heterocycles. The van der Waals surface area contributed by atoms with Gasteiger partial charge in [0.05, 0.1) is 25.9 Å². The molecule has 0 aromatic rings.